The molecule has 1 fully saturated rings. The topological polar surface area (TPSA) is 119 Å². The predicted molar refractivity (Wildman–Crippen MR) is 77.5 cm³/mol. The molecule has 2 aromatic rings. The number of hydrogen-bond donors (Lipinski definition) is 3. The van der Waals surface area contributed by atoms with Crippen LogP contribution in [0.3, 0.4) is 0 Å². The highest BCUT2D eigenvalue weighted by atomic mass is 15.4. The molecule has 1 saturated carbocycles. The molecule has 2 aromatic heterocycles. The minimum absolute atomic E-state index is 0.170. The van der Waals surface area contributed by atoms with Crippen LogP contribution in [-0.2, 0) is 0 Å². The highest BCUT2D eigenvalue weighted by Gasteiger charge is 2.65. The molecule has 112 valence electrons. The summed E-state index contributed by atoms with van der Waals surface area (Å²) in [7, 11) is 0. The van der Waals surface area contributed by atoms with Crippen LogP contribution in [0.2, 0.25) is 0 Å². The Hall–Kier alpha value is -2.29. The van der Waals surface area contributed by atoms with Crippen LogP contribution < -0.4 is 16.6 Å². The molecule has 9 heteroatoms. The first kappa shape index (κ1) is 13.7. The minimum Gasteiger partial charge on any atom is -0.350 e. The van der Waals surface area contributed by atoms with E-state index < -0.39 is 0 Å². The molecule has 0 unspecified atom stereocenters. The van der Waals surface area contributed by atoms with E-state index in [1.165, 1.54) is 17.3 Å². The molecular formula is C12H19N9. The first-order chi connectivity index (χ1) is 9.86. The maximum absolute atomic E-state index is 5.42. The van der Waals surface area contributed by atoms with Gasteiger partial charge in [0, 0.05) is 6.04 Å². The first-order valence-electron chi connectivity index (χ1n) is 6.70. The highest BCUT2D eigenvalue weighted by molar-refractivity contribution is 5.41. The molecular weight excluding hydrogens is 270 g/mol. The van der Waals surface area contributed by atoms with Gasteiger partial charge in [-0.1, -0.05) is 27.7 Å². The van der Waals surface area contributed by atoms with E-state index in [4.69, 9.17) is 5.84 Å². The number of nitrogens with one attached hydrogen (secondary N) is 2. The molecule has 1 aliphatic carbocycles. The van der Waals surface area contributed by atoms with Gasteiger partial charge in [0.1, 0.15) is 12.7 Å². The number of nitrogens with two attached hydrogens (primary N) is 1. The van der Waals surface area contributed by atoms with Crippen LogP contribution in [0.5, 0.6) is 0 Å². The second-order valence-corrected chi connectivity index (χ2v) is 6.29. The molecule has 0 bridgehead atoms. The molecule has 0 aromatic carbocycles. The van der Waals surface area contributed by atoms with E-state index in [2.05, 4.69) is 63.5 Å². The molecule has 21 heavy (non-hydrogen) atoms. The summed E-state index contributed by atoms with van der Waals surface area (Å²) >= 11 is 0. The second kappa shape index (κ2) is 4.35. The summed E-state index contributed by atoms with van der Waals surface area (Å²) in [5.41, 5.74) is 2.78. The molecule has 0 spiro atoms. The third-order valence-corrected chi connectivity index (χ3v) is 4.67. The number of nitrogen functional groups attached to an aromatic ring is 1. The number of rotatable bonds is 4. The monoisotopic (exact) mass is 289 g/mol. The Morgan fingerprint density at radius 3 is 2.29 bits per heavy atom. The van der Waals surface area contributed by atoms with Gasteiger partial charge in [0.15, 0.2) is 0 Å². The van der Waals surface area contributed by atoms with Crippen molar-refractivity contribution < 1.29 is 0 Å². The Morgan fingerprint density at radius 1 is 1.10 bits per heavy atom. The fraction of sp³-hybridized carbons (Fsp3) is 0.583. The van der Waals surface area contributed by atoms with Gasteiger partial charge in [0.05, 0.1) is 0 Å². The fourth-order valence-corrected chi connectivity index (χ4v) is 2.59. The van der Waals surface area contributed by atoms with Crippen molar-refractivity contribution in [2.24, 2.45) is 16.7 Å². The van der Waals surface area contributed by atoms with Crippen molar-refractivity contribution in [2.45, 2.75) is 33.7 Å². The number of nitrogens with zero attached hydrogens (tertiary/aromatic N) is 6. The summed E-state index contributed by atoms with van der Waals surface area (Å²) in [6.07, 6.45) is 2.93. The van der Waals surface area contributed by atoms with Crippen molar-refractivity contribution in [3.63, 3.8) is 0 Å². The summed E-state index contributed by atoms with van der Waals surface area (Å²) < 4.78 is 1.46. The van der Waals surface area contributed by atoms with Gasteiger partial charge in [0.2, 0.25) is 11.9 Å². The van der Waals surface area contributed by atoms with Crippen molar-refractivity contribution in [1.29, 1.82) is 0 Å². The zero-order chi connectivity index (χ0) is 15.3. The number of aromatic nitrogens is 6. The normalized spacial score (nSPS) is 19.3. The minimum atomic E-state index is 0.170. The molecule has 3 rings (SSSR count). The van der Waals surface area contributed by atoms with Crippen molar-refractivity contribution in [1.82, 2.24) is 29.7 Å². The first-order valence-corrected chi connectivity index (χ1v) is 6.70. The molecule has 1 aliphatic rings. The third-order valence-electron chi connectivity index (χ3n) is 4.67. The molecule has 0 atom stereocenters. The molecule has 0 saturated heterocycles. The van der Waals surface area contributed by atoms with Gasteiger partial charge >= 0.3 is 0 Å². The number of hydrogen-bond acceptors (Lipinski definition) is 8. The predicted octanol–water partition coefficient (Wildman–Crippen LogP) is 0.584. The molecule has 0 radical (unpaired) electrons. The lowest BCUT2D eigenvalue weighted by molar-refractivity contribution is 0.457. The largest absolute Gasteiger partial charge is 0.350 e. The van der Waals surface area contributed by atoms with E-state index in [1.54, 1.807) is 0 Å². The van der Waals surface area contributed by atoms with Gasteiger partial charge in [-0.3, -0.25) is 5.43 Å². The van der Waals surface area contributed by atoms with E-state index >= 15 is 0 Å². The SMILES string of the molecule is CC1(C)C(Nc2nc(NN)nc(-n3cncn3)n2)C1(C)C. The number of anilines is 2. The molecule has 0 aliphatic heterocycles. The zero-order valence-electron chi connectivity index (χ0n) is 12.5. The van der Waals surface area contributed by atoms with E-state index in [1.807, 2.05) is 0 Å². The van der Waals surface area contributed by atoms with Crippen molar-refractivity contribution in [2.75, 3.05) is 10.7 Å². The molecule has 9 nitrogen and oxygen atoms in total. The smallest absolute Gasteiger partial charge is 0.258 e. The Balaban J connectivity index is 1.91. The Kier molecular flexibility index (Phi) is 2.84. The second-order valence-electron chi connectivity index (χ2n) is 6.29. The van der Waals surface area contributed by atoms with Crippen LogP contribution in [0, 0.1) is 10.8 Å². The van der Waals surface area contributed by atoms with Gasteiger partial charge in [0.25, 0.3) is 5.95 Å². The van der Waals surface area contributed by atoms with Crippen LogP contribution in [0.15, 0.2) is 12.7 Å². The molecule has 2 heterocycles. The lowest BCUT2D eigenvalue weighted by Gasteiger charge is -2.09. The average Bonchev–Trinajstić information content (AvgIpc) is 2.88. The van der Waals surface area contributed by atoms with E-state index in [0.29, 0.717) is 11.9 Å². The quantitative estimate of drug-likeness (QED) is 0.552. The lowest BCUT2D eigenvalue weighted by atomic mass is 10.0. The summed E-state index contributed by atoms with van der Waals surface area (Å²) in [6.45, 7) is 8.86. The Labute approximate surface area is 122 Å². The van der Waals surface area contributed by atoms with Crippen LogP contribution in [0.1, 0.15) is 27.7 Å². The van der Waals surface area contributed by atoms with E-state index in [9.17, 15) is 0 Å². The Morgan fingerprint density at radius 2 is 1.76 bits per heavy atom. The maximum Gasteiger partial charge on any atom is 0.258 e. The van der Waals surface area contributed by atoms with Gasteiger partial charge in [-0.25, -0.2) is 10.8 Å². The number of hydrazine groups is 1. The van der Waals surface area contributed by atoms with Crippen molar-refractivity contribution in [3.05, 3.63) is 12.7 Å². The average molecular weight is 289 g/mol. The van der Waals surface area contributed by atoms with Crippen LogP contribution in [-0.4, -0.2) is 35.8 Å². The molecule has 0 amide bonds. The van der Waals surface area contributed by atoms with Gasteiger partial charge < -0.3 is 5.32 Å². The van der Waals surface area contributed by atoms with Gasteiger partial charge in [-0.05, 0) is 10.8 Å². The van der Waals surface area contributed by atoms with Gasteiger partial charge in [-0.15, -0.1) is 0 Å². The van der Waals surface area contributed by atoms with Crippen molar-refractivity contribution in [3.8, 4) is 5.95 Å². The van der Waals surface area contributed by atoms with Crippen LogP contribution in [0.25, 0.3) is 5.95 Å². The molecule has 4 N–H and O–H groups in total. The summed E-state index contributed by atoms with van der Waals surface area (Å²) in [5, 5.41) is 7.37. The summed E-state index contributed by atoms with van der Waals surface area (Å²) in [6, 6.07) is 0.279. The zero-order valence-corrected chi connectivity index (χ0v) is 12.5. The van der Waals surface area contributed by atoms with E-state index in [0.717, 1.165) is 0 Å². The van der Waals surface area contributed by atoms with E-state index in [-0.39, 0.29) is 22.8 Å². The fourth-order valence-electron chi connectivity index (χ4n) is 2.59. The van der Waals surface area contributed by atoms with Gasteiger partial charge in [-0.2, -0.15) is 24.7 Å². The maximum atomic E-state index is 5.42. The summed E-state index contributed by atoms with van der Waals surface area (Å²) in [4.78, 5) is 16.6. The summed E-state index contributed by atoms with van der Waals surface area (Å²) in [5.74, 6) is 6.51. The highest BCUT2D eigenvalue weighted by Crippen LogP contribution is 2.63. The van der Waals surface area contributed by atoms with Crippen LogP contribution >= 0.6 is 0 Å². The third kappa shape index (κ3) is 2.09. The Bertz CT molecular complexity index is 633. The van der Waals surface area contributed by atoms with Crippen LogP contribution in [0.4, 0.5) is 11.9 Å². The standard InChI is InChI=1S/C12H19N9/c1-11(2)7(12(11,3)4)16-8-17-9(20-13)19-10(18-8)21-6-14-5-15-21/h5-7H,13H2,1-4H3,(H2,16,17,18,19,20). The lowest BCUT2D eigenvalue weighted by Crippen LogP contribution is -2.18. The van der Waals surface area contributed by atoms with Crippen molar-refractivity contribution >= 4 is 11.9 Å².